The first-order valence-corrected chi connectivity index (χ1v) is 5.90. The van der Waals surface area contributed by atoms with Crippen LogP contribution in [0.15, 0.2) is 35.1 Å². The molecule has 1 amide bonds. The summed E-state index contributed by atoms with van der Waals surface area (Å²) in [6.45, 7) is 1.78. The van der Waals surface area contributed by atoms with E-state index in [0.29, 0.717) is 5.69 Å². The molecule has 0 saturated carbocycles. The number of benzene rings is 1. The van der Waals surface area contributed by atoms with Gasteiger partial charge in [0.15, 0.2) is 0 Å². The Morgan fingerprint density at radius 3 is 2.72 bits per heavy atom. The molecule has 1 aromatic heterocycles. The van der Waals surface area contributed by atoms with Gasteiger partial charge in [-0.1, -0.05) is 0 Å². The molecule has 0 bridgehead atoms. The van der Waals surface area contributed by atoms with Gasteiger partial charge in [-0.25, -0.2) is 9.37 Å². The minimum atomic E-state index is -0.388. The van der Waals surface area contributed by atoms with Gasteiger partial charge in [-0.05, 0) is 41.1 Å². The molecule has 1 N–H and O–H groups in total. The van der Waals surface area contributed by atoms with Gasteiger partial charge in [-0.2, -0.15) is 0 Å². The smallest absolute Gasteiger partial charge is 0.275 e. The number of halogens is 2. The Kier molecular flexibility index (Phi) is 3.66. The number of nitrogens with one attached hydrogen (secondary N) is 1. The van der Waals surface area contributed by atoms with Gasteiger partial charge in [0, 0.05) is 11.9 Å². The highest BCUT2D eigenvalue weighted by molar-refractivity contribution is 9.10. The van der Waals surface area contributed by atoms with E-state index in [2.05, 4.69) is 31.2 Å². The number of anilines is 1. The van der Waals surface area contributed by atoms with Crippen molar-refractivity contribution in [1.29, 1.82) is 0 Å². The average Bonchev–Trinajstić information content (AvgIpc) is 2.34. The fraction of sp³-hybridized carbons (Fsp3) is 0.0833. The van der Waals surface area contributed by atoms with Crippen LogP contribution in [0.5, 0.6) is 0 Å². The van der Waals surface area contributed by atoms with Crippen LogP contribution in [-0.2, 0) is 0 Å². The minimum Gasteiger partial charge on any atom is -0.321 e. The number of hydrogen-bond acceptors (Lipinski definition) is 3. The molecule has 0 aliphatic rings. The van der Waals surface area contributed by atoms with E-state index >= 15 is 0 Å². The molecule has 2 aromatic rings. The van der Waals surface area contributed by atoms with Crippen molar-refractivity contribution in [3.8, 4) is 0 Å². The maximum absolute atomic E-state index is 13.0. The molecule has 1 aromatic carbocycles. The zero-order valence-electron chi connectivity index (χ0n) is 9.45. The molecule has 6 heteroatoms. The van der Waals surface area contributed by atoms with Crippen LogP contribution in [0.3, 0.4) is 0 Å². The highest BCUT2D eigenvalue weighted by atomic mass is 79.9. The van der Waals surface area contributed by atoms with Crippen molar-refractivity contribution < 1.29 is 9.18 Å². The van der Waals surface area contributed by atoms with Crippen LogP contribution < -0.4 is 5.32 Å². The Morgan fingerprint density at radius 2 is 2.11 bits per heavy atom. The third-order valence-corrected chi connectivity index (χ3v) is 2.80. The second-order valence-corrected chi connectivity index (χ2v) is 4.48. The summed E-state index contributed by atoms with van der Waals surface area (Å²) in [5, 5.41) is 2.61. The molecule has 18 heavy (non-hydrogen) atoms. The van der Waals surface area contributed by atoms with Crippen molar-refractivity contribution in [2.45, 2.75) is 6.92 Å². The van der Waals surface area contributed by atoms with Crippen molar-refractivity contribution in [3.63, 3.8) is 0 Å². The molecule has 0 unspecified atom stereocenters. The van der Waals surface area contributed by atoms with E-state index < -0.39 is 0 Å². The van der Waals surface area contributed by atoms with E-state index in [1.165, 1.54) is 30.6 Å². The third-order valence-electron chi connectivity index (χ3n) is 2.19. The Balaban J connectivity index is 2.16. The number of amides is 1. The molecule has 1 heterocycles. The first kappa shape index (κ1) is 12.6. The van der Waals surface area contributed by atoms with Crippen LogP contribution in [0.4, 0.5) is 10.1 Å². The van der Waals surface area contributed by atoms with Gasteiger partial charge in [-0.3, -0.25) is 9.78 Å². The van der Waals surface area contributed by atoms with Gasteiger partial charge in [0.25, 0.3) is 5.91 Å². The predicted molar refractivity (Wildman–Crippen MR) is 68.8 cm³/mol. The van der Waals surface area contributed by atoms with Gasteiger partial charge in [-0.15, -0.1) is 0 Å². The molecule has 0 aliphatic heterocycles. The van der Waals surface area contributed by atoms with Gasteiger partial charge in [0.1, 0.15) is 11.5 Å². The topological polar surface area (TPSA) is 54.9 Å². The van der Waals surface area contributed by atoms with Crippen molar-refractivity contribution in [1.82, 2.24) is 9.97 Å². The number of nitrogens with zero attached hydrogens (tertiary/aromatic N) is 2. The Labute approximate surface area is 111 Å². The monoisotopic (exact) mass is 309 g/mol. The van der Waals surface area contributed by atoms with E-state index in [9.17, 15) is 9.18 Å². The van der Waals surface area contributed by atoms with Crippen LogP contribution in [-0.4, -0.2) is 15.9 Å². The number of rotatable bonds is 2. The highest BCUT2D eigenvalue weighted by Crippen LogP contribution is 2.20. The van der Waals surface area contributed by atoms with Gasteiger partial charge < -0.3 is 5.32 Å². The standard InChI is InChI=1S/C12H9BrFN3O/c1-7-5-16-11(6-15-7)12(18)17-8-2-3-10(14)9(13)4-8/h2-6H,1H3,(H,17,18). The normalized spacial score (nSPS) is 10.2. The summed E-state index contributed by atoms with van der Waals surface area (Å²) in [4.78, 5) is 19.7. The molecule has 0 radical (unpaired) electrons. The molecule has 92 valence electrons. The van der Waals surface area contributed by atoms with Crippen molar-refractivity contribution in [3.05, 3.63) is 52.3 Å². The van der Waals surface area contributed by atoms with Crippen LogP contribution in [0.2, 0.25) is 0 Å². The van der Waals surface area contributed by atoms with Gasteiger partial charge >= 0.3 is 0 Å². The number of carbonyl (C=O) groups excluding carboxylic acids is 1. The molecular weight excluding hydrogens is 301 g/mol. The predicted octanol–water partition coefficient (Wildman–Crippen LogP) is 2.94. The zero-order valence-corrected chi connectivity index (χ0v) is 11.0. The lowest BCUT2D eigenvalue weighted by Crippen LogP contribution is -2.14. The Morgan fingerprint density at radius 1 is 1.33 bits per heavy atom. The average molecular weight is 310 g/mol. The molecular formula is C12H9BrFN3O. The lowest BCUT2D eigenvalue weighted by molar-refractivity contribution is 0.102. The fourth-order valence-electron chi connectivity index (χ4n) is 1.28. The summed E-state index contributed by atoms with van der Waals surface area (Å²) in [6, 6.07) is 4.22. The van der Waals surface area contributed by atoms with E-state index in [1.54, 1.807) is 6.92 Å². The number of aryl methyl sites for hydroxylation is 1. The van der Waals surface area contributed by atoms with Gasteiger partial charge in [0.05, 0.1) is 16.4 Å². The van der Waals surface area contributed by atoms with Gasteiger partial charge in [0.2, 0.25) is 0 Å². The lowest BCUT2D eigenvalue weighted by Gasteiger charge is -2.05. The van der Waals surface area contributed by atoms with E-state index in [4.69, 9.17) is 0 Å². The van der Waals surface area contributed by atoms with Crippen molar-refractivity contribution >= 4 is 27.5 Å². The zero-order chi connectivity index (χ0) is 13.1. The van der Waals surface area contributed by atoms with E-state index in [-0.39, 0.29) is 21.9 Å². The van der Waals surface area contributed by atoms with Crippen LogP contribution in [0.1, 0.15) is 16.2 Å². The van der Waals surface area contributed by atoms with E-state index in [0.717, 1.165) is 5.69 Å². The number of aromatic nitrogens is 2. The summed E-state index contributed by atoms with van der Waals surface area (Å²) >= 11 is 3.05. The third kappa shape index (κ3) is 2.89. The largest absolute Gasteiger partial charge is 0.321 e. The fourth-order valence-corrected chi connectivity index (χ4v) is 1.66. The summed E-state index contributed by atoms with van der Waals surface area (Å²) in [5.41, 5.74) is 1.42. The Bertz CT molecular complexity index is 586. The van der Waals surface area contributed by atoms with Crippen LogP contribution in [0, 0.1) is 12.7 Å². The van der Waals surface area contributed by atoms with Crippen LogP contribution in [0.25, 0.3) is 0 Å². The summed E-state index contributed by atoms with van der Waals surface area (Å²) in [7, 11) is 0. The first-order chi connectivity index (χ1) is 8.56. The molecule has 0 spiro atoms. The van der Waals surface area contributed by atoms with E-state index in [1.807, 2.05) is 0 Å². The molecule has 2 rings (SSSR count). The molecule has 4 nitrogen and oxygen atoms in total. The number of hydrogen-bond donors (Lipinski definition) is 1. The minimum absolute atomic E-state index is 0.209. The maximum Gasteiger partial charge on any atom is 0.275 e. The molecule has 0 aliphatic carbocycles. The second-order valence-electron chi connectivity index (χ2n) is 3.63. The molecule has 0 atom stereocenters. The summed E-state index contributed by atoms with van der Waals surface area (Å²) in [6.07, 6.45) is 2.90. The maximum atomic E-state index is 13.0. The lowest BCUT2D eigenvalue weighted by atomic mass is 10.3. The SMILES string of the molecule is Cc1cnc(C(=O)Nc2ccc(F)c(Br)c2)cn1. The van der Waals surface area contributed by atoms with Crippen LogP contribution >= 0.6 is 15.9 Å². The summed E-state index contributed by atoms with van der Waals surface area (Å²) < 4.78 is 13.3. The quantitative estimate of drug-likeness (QED) is 0.928. The molecule has 0 saturated heterocycles. The highest BCUT2D eigenvalue weighted by Gasteiger charge is 2.09. The van der Waals surface area contributed by atoms with Crippen molar-refractivity contribution in [2.75, 3.05) is 5.32 Å². The second kappa shape index (κ2) is 5.22. The summed E-state index contributed by atoms with van der Waals surface area (Å²) in [5.74, 6) is -0.774. The van der Waals surface area contributed by atoms with Crippen molar-refractivity contribution in [2.24, 2.45) is 0 Å². The first-order valence-electron chi connectivity index (χ1n) is 5.11. The Hall–Kier alpha value is -1.82. The molecule has 0 fully saturated rings. The number of carbonyl (C=O) groups is 1.